The fraction of sp³-hybridized carbons (Fsp3) is 0.576. The van der Waals surface area contributed by atoms with E-state index in [-0.39, 0.29) is 12.6 Å². The Morgan fingerprint density at radius 2 is 1.77 bits per heavy atom. The van der Waals surface area contributed by atoms with Crippen molar-refractivity contribution < 1.29 is 23.8 Å². The number of ether oxygens (including phenoxy) is 3. The number of carbonyl (C=O) groups is 2. The van der Waals surface area contributed by atoms with Crippen LogP contribution in [0.5, 0.6) is 5.75 Å². The lowest BCUT2D eigenvalue weighted by Gasteiger charge is -2.30. The van der Waals surface area contributed by atoms with Gasteiger partial charge in [-0.05, 0) is 113 Å². The van der Waals surface area contributed by atoms with Gasteiger partial charge < -0.3 is 19.5 Å². The van der Waals surface area contributed by atoms with E-state index in [0.717, 1.165) is 24.3 Å². The molecule has 7 heteroatoms. The first-order valence-electron chi connectivity index (χ1n) is 14.6. The Morgan fingerprint density at radius 1 is 1.05 bits per heavy atom. The van der Waals surface area contributed by atoms with Crippen LogP contribution in [0.15, 0.2) is 42.5 Å². The number of hydrogen-bond donors (Lipinski definition) is 1. The zero-order chi connectivity index (χ0) is 28.9. The standard InChI is InChI=1S/C33H46N2O5/c1-22-15-24(17-23-11-13-25(14-12-23)29-10-8-7-9-26(29)20-34-5)18-27(16-22)39-28-19-30(31(36)38-6)35(21-28)32(37)40-33(2,3)4/h7-10,15-16,18,23,25,28,30,34H,11-14,17,19-21H2,1-6H3/t23-,25-,28-,30-/m0/s1. The molecule has 1 aliphatic heterocycles. The number of esters is 1. The third-order valence-electron chi connectivity index (χ3n) is 8.01. The minimum atomic E-state index is -0.720. The van der Waals surface area contributed by atoms with Gasteiger partial charge in [0.15, 0.2) is 0 Å². The quantitative estimate of drug-likeness (QED) is 0.397. The van der Waals surface area contributed by atoms with Crippen LogP contribution in [0.3, 0.4) is 0 Å². The predicted molar refractivity (Wildman–Crippen MR) is 157 cm³/mol. The predicted octanol–water partition coefficient (Wildman–Crippen LogP) is 6.16. The lowest BCUT2D eigenvalue weighted by Crippen LogP contribution is -2.44. The molecule has 218 valence electrons. The van der Waals surface area contributed by atoms with Gasteiger partial charge in [0.1, 0.15) is 23.5 Å². The molecule has 0 aromatic heterocycles. The van der Waals surface area contributed by atoms with E-state index < -0.39 is 23.7 Å². The third-order valence-corrected chi connectivity index (χ3v) is 8.01. The summed E-state index contributed by atoms with van der Waals surface area (Å²) < 4.78 is 16.9. The molecule has 2 aliphatic rings. The van der Waals surface area contributed by atoms with Crippen LogP contribution in [0.1, 0.15) is 81.0 Å². The summed E-state index contributed by atoms with van der Waals surface area (Å²) in [6.07, 6.45) is 5.43. The first-order chi connectivity index (χ1) is 19.1. The third kappa shape index (κ3) is 7.78. The Labute approximate surface area is 239 Å². The van der Waals surface area contributed by atoms with E-state index in [1.165, 1.54) is 54.4 Å². The lowest BCUT2D eigenvalue weighted by molar-refractivity contribution is -0.145. The van der Waals surface area contributed by atoms with Crippen molar-refractivity contribution in [3.8, 4) is 5.75 Å². The summed E-state index contributed by atoms with van der Waals surface area (Å²) in [5.41, 5.74) is 4.69. The van der Waals surface area contributed by atoms with Crippen molar-refractivity contribution in [1.82, 2.24) is 10.2 Å². The minimum absolute atomic E-state index is 0.275. The van der Waals surface area contributed by atoms with Gasteiger partial charge in [-0.3, -0.25) is 4.90 Å². The van der Waals surface area contributed by atoms with E-state index >= 15 is 0 Å². The van der Waals surface area contributed by atoms with E-state index in [2.05, 4.69) is 48.6 Å². The Kier molecular flexibility index (Phi) is 9.77. The van der Waals surface area contributed by atoms with E-state index in [1.54, 1.807) is 0 Å². The second-order valence-corrected chi connectivity index (χ2v) is 12.5. The SMILES string of the molecule is CNCc1ccccc1[C@H]1CC[C@H](Cc2cc(C)cc(O[C@H]3C[C@@H](C(=O)OC)N(C(=O)OC(C)(C)C)C3)c2)CC1. The topological polar surface area (TPSA) is 77.1 Å². The average Bonchev–Trinajstić information content (AvgIpc) is 3.32. The molecule has 1 aliphatic carbocycles. The van der Waals surface area contributed by atoms with Gasteiger partial charge in [0, 0.05) is 13.0 Å². The van der Waals surface area contributed by atoms with Gasteiger partial charge >= 0.3 is 12.1 Å². The molecular formula is C33H46N2O5. The van der Waals surface area contributed by atoms with Crippen LogP contribution < -0.4 is 10.1 Å². The molecule has 0 unspecified atom stereocenters. The highest BCUT2D eigenvalue weighted by Crippen LogP contribution is 2.39. The van der Waals surface area contributed by atoms with Gasteiger partial charge in [0.05, 0.1) is 13.7 Å². The lowest BCUT2D eigenvalue weighted by atomic mass is 9.75. The van der Waals surface area contributed by atoms with E-state index in [4.69, 9.17) is 14.2 Å². The Balaban J connectivity index is 1.38. The van der Waals surface area contributed by atoms with Gasteiger partial charge in [0.2, 0.25) is 0 Å². The number of carbonyl (C=O) groups excluding carboxylic acids is 2. The molecule has 40 heavy (non-hydrogen) atoms. The van der Waals surface area contributed by atoms with Crippen molar-refractivity contribution in [2.75, 3.05) is 20.7 Å². The zero-order valence-electron chi connectivity index (χ0n) is 25.0. The summed E-state index contributed by atoms with van der Waals surface area (Å²) in [6, 6.07) is 14.5. The molecule has 0 bridgehead atoms. The highest BCUT2D eigenvalue weighted by molar-refractivity contribution is 5.82. The zero-order valence-corrected chi connectivity index (χ0v) is 25.0. The number of likely N-dealkylation sites (tertiary alicyclic amines) is 1. The van der Waals surface area contributed by atoms with Gasteiger partial charge in [-0.25, -0.2) is 9.59 Å². The monoisotopic (exact) mass is 550 g/mol. The molecule has 0 spiro atoms. The molecule has 0 radical (unpaired) electrons. The van der Waals surface area contributed by atoms with Crippen LogP contribution >= 0.6 is 0 Å². The van der Waals surface area contributed by atoms with Crippen molar-refractivity contribution >= 4 is 12.1 Å². The summed E-state index contributed by atoms with van der Waals surface area (Å²) >= 11 is 0. The maximum absolute atomic E-state index is 12.8. The van der Waals surface area contributed by atoms with Crippen LogP contribution in [-0.2, 0) is 27.2 Å². The number of benzene rings is 2. The molecule has 4 rings (SSSR count). The summed E-state index contributed by atoms with van der Waals surface area (Å²) in [4.78, 5) is 26.7. The van der Waals surface area contributed by atoms with Crippen molar-refractivity contribution in [1.29, 1.82) is 0 Å². The Bertz CT molecular complexity index is 1170. The highest BCUT2D eigenvalue weighted by atomic mass is 16.6. The van der Waals surface area contributed by atoms with Crippen molar-refractivity contribution in [2.45, 2.75) is 96.4 Å². The molecule has 2 atom stereocenters. The molecule has 1 saturated carbocycles. The number of nitrogens with zero attached hydrogens (tertiary/aromatic N) is 1. The fourth-order valence-corrected chi connectivity index (χ4v) is 6.26. The summed E-state index contributed by atoms with van der Waals surface area (Å²) in [7, 11) is 3.35. The van der Waals surface area contributed by atoms with Gasteiger partial charge in [-0.1, -0.05) is 30.3 Å². The van der Waals surface area contributed by atoms with E-state index in [0.29, 0.717) is 18.3 Å². The molecule has 1 saturated heterocycles. The number of aryl methyl sites for hydroxylation is 1. The average molecular weight is 551 g/mol. The second-order valence-electron chi connectivity index (χ2n) is 12.5. The molecule has 2 aromatic carbocycles. The highest BCUT2D eigenvalue weighted by Gasteiger charge is 2.43. The summed E-state index contributed by atoms with van der Waals surface area (Å²) in [6.45, 7) is 8.71. The normalized spacial score (nSPS) is 23.1. The molecule has 1 amide bonds. The molecule has 1 N–H and O–H groups in total. The van der Waals surface area contributed by atoms with Crippen LogP contribution in [0.2, 0.25) is 0 Å². The first kappa shape index (κ1) is 29.9. The summed E-state index contributed by atoms with van der Waals surface area (Å²) in [5, 5.41) is 3.31. The Morgan fingerprint density at radius 3 is 2.45 bits per heavy atom. The van der Waals surface area contributed by atoms with Gasteiger partial charge in [0.25, 0.3) is 0 Å². The summed E-state index contributed by atoms with van der Waals surface area (Å²) in [5.74, 6) is 1.62. The maximum Gasteiger partial charge on any atom is 0.411 e. The fourth-order valence-electron chi connectivity index (χ4n) is 6.26. The number of rotatable bonds is 8. The number of hydrogen-bond acceptors (Lipinski definition) is 6. The van der Waals surface area contributed by atoms with E-state index in [9.17, 15) is 9.59 Å². The van der Waals surface area contributed by atoms with Gasteiger partial charge in [-0.15, -0.1) is 0 Å². The van der Waals surface area contributed by atoms with E-state index in [1.807, 2.05) is 33.9 Å². The number of methoxy groups -OCH3 is 1. The van der Waals surface area contributed by atoms with Crippen LogP contribution in [0.25, 0.3) is 0 Å². The number of amides is 1. The second kappa shape index (κ2) is 13.1. The maximum atomic E-state index is 12.8. The van der Waals surface area contributed by atoms with Crippen molar-refractivity contribution in [3.63, 3.8) is 0 Å². The molecular weight excluding hydrogens is 504 g/mol. The van der Waals surface area contributed by atoms with Gasteiger partial charge in [-0.2, -0.15) is 0 Å². The van der Waals surface area contributed by atoms with Crippen LogP contribution in [-0.4, -0.2) is 55.4 Å². The largest absolute Gasteiger partial charge is 0.488 e. The minimum Gasteiger partial charge on any atom is -0.488 e. The number of nitrogens with one attached hydrogen (secondary N) is 1. The molecule has 7 nitrogen and oxygen atoms in total. The van der Waals surface area contributed by atoms with Crippen molar-refractivity contribution in [3.05, 3.63) is 64.7 Å². The molecule has 1 heterocycles. The first-order valence-corrected chi connectivity index (χ1v) is 14.6. The van der Waals surface area contributed by atoms with Crippen LogP contribution in [0.4, 0.5) is 4.79 Å². The van der Waals surface area contributed by atoms with Crippen molar-refractivity contribution in [2.24, 2.45) is 5.92 Å². The Hall–Kier alpha value is -3.06. The molecule has 2 fully saturated rings. The molecule has 2 aromatic rings. The van der Waals surface area contributed by atoms with Crippen LogP contribution in [0, 0.1) is 12.8 Å². The smallest absolute Gasteiger partial charge is 0.411 e.